The number of benzene rings is 1. The van der Waals surface area contributed by atoms with Crippen molar-refractivity contribution in [1.82, 2.24) is 10.6 Å². The van der Waals surface area contributed by atoms with Crippen LogP contribution in [0.2, 0.25) is 10.0 Å². The first kappa shape index (κ1) is 15.1. The van der Waals surface area contributed by atoms with Crippen LogP contribution in [0.5, 0.6) is 0 Å². The van der Waals surface area contributed by atoms with Gasteiger partial charge < -0.3 is 15.7 Å². The zero-order valence-electron chi connectivity index (χ0n) is 10.5. The van der Waals surface area contributed by atoms with Gasteiger partial charge in [0, 0.05) is 13.1 Å². The van der Waals surface area contributed by atoms with Gasteiger partial charge in [-0.15, -0.1) is 0 Å². The molecule has 7 heteroatoms. The molecule has 0 radical (unpaired) electrons. The first-order chi connectivity index (χ1) is 9.49. The number of aliphatic hydroxyl groups excluding tert-OH is 1. The number of piperidine rings is 1. The lowest BCUT2D eigenvalue weighted by atomic mass is 9.94. The molecule has 1 fully saturated rings. The lowest BCUT2D eigenvalue weighted by Gasteiger charge is -2.26. The predicted octanol–water partition coefficient (Wildman–Crippen LogP) is 1.11. The summed E-state index contributed by atoms with van der Waals surface area (Å²) in [5, 5.41) is 15.7. The number of hydrogen-bond acceptors (Lipinski definition) is 3. The van der Waals surface area contributed by atoms with Crippen LogP contribution in [-0.4, -0.2) is 29.6 Å². The second-order valence-corrected chi connectivity index (χ2v) is 5.41. The smallest absolute Gasteiger partial charge is 0.235 e. The van der Waals surface area contributed by atoms with Crippen LogP contribution in [0.3, 0.4) is 0 Å². The van der Waals surface area contributed by atoms with Crippen molar-refractivity contribution in [2.24, 2.45) is 5.92 Å². The average molecular weight is 317 g/mol. The highest BCUT2D eigenvalue weighted by atomic mass is 35.5. The minimum Gasteiger partial charge on any atom is -0.392 e. The Morgan fingerprint density at radius 3 is 2.80 bits per heavy atom. The Labute approximate surface area is 126 Å². The van der Waals surface area contributed by atoms with E-state index in [9.17, 15) is 14.7 Å². The highest BCUT2D eigenvalue weighted by Crippen LogP contribution is 2.22. The molecule has 20 heavy (non-hydrogen) atoms. The maximum atomic E-state index is 12.0. The molecule has 0 aliphatic carbocycles. The predicted molar refractivity (Wildman–Crippen MR) is 75.4 cm³/mol. The van der Waals surface area contributed by atoms with E-state index in [1.165, 1.54) is 0 Å². The quantitative estimate of drug-likeness (QED) is 0.731. The Balaban J connectivity index is 1.97. The first-order valence-corrected chi connectivity index (χ1v) is 6.92. The molecular formula is C13H14Cl2N2O3. The number of hydrogen-bond donors (Lipinski definition) is 3. The summed E-state index contributed by atoms with van der Waals surface area (Å²) in [6.07, 6.45) is -0.575. The van der Waals surface area contributed by atoms with Gasteiger partial charge in [0.1, 0.15) is 5.92 Å². The minimum atomic E-state index is -1.06. The molecule has 1 aliphatic rings. The summed E-state index contributed by atoms with van der Waals surface area (Å²) in [5.74, 6) is -2.01. The van der Waals surface area contributed by atoms with Gasteiger partial charge in [-0.3, -0.25) is 9.59 Å². The number of nitrogens with one attached hydrogen (secondary N) is 2. The van der Waals surface area contributed by atoms with E-state index in [1.807, 2.05) is 0 Å². The summed E-state index contributed by atoms with van der Waals surface area (Å²) in [6, 6.07) is 5.00. The number of amides is 2. The summed E-state index contributed by atoms with van der Waals surface area (Å²) in [7, 11) is 0. The number of rotatable bonds is 3. The summed E-state index contributed by atoms with van der Waals surface area (Å²) >= 11 is 11.7. The van der Waals surface area contributed by atoms with Gasteiger partial charge in [-0.2, -0.15) is 0 Å². The molecule has 108 valence electrons. The van der Waals surface area contributed by atoms with Gasteiger partial charge >= 0.3 is 0 Å². The average Bonchev–Trinajstić information content (AvgIpc) is 2.40. The third-order valence-corrected chi connectivity index (χ3v) is 3.88. The molecule has 1 aromatic rings. The molecule has 1 saturated heterocycles. The molecule has 1 heterocycles. The Morgan fingerprint density at radius 1 is 1.40 bits per heavy atom. The zero-order chi connectivity index (χ0) is 14.7. The number of halogens is 2. The van der Waals surface area contributed by atoms with Crippen LogP contribution in [-0.2, 0) is 16.1 Å². The fraction of sp³-hybridized carbons (Fsp3) is 0.385. The highest BCUT2D eigenvalue weighted by Gasteiger charge is 2.36. The van der Waals surface area contributed by atoms with Crippen LogP contribution < -0.4 is 10.6 Å². The van der Waals surface area contributed by atoms with Crippen LogP contribution >= 0.6 is 23.2 Å². The third-order valence-electron chi connectivity index (χ3n) is 3.14. The van der Waals surface area contributed by atoms with E-state index in [0.717, 1.165) is 5.56 Å². The molecule has 0 aromatic heterocycles. The van der Waals surface area contributed by atoms with Crippen molar-refractivity contribution in [3.05, 3.63) is 33.8 Å². The van der Waals surface area contributed by atoms with Crippen molar-refractivity contribution in [2.75, 3.05) is 6.54 Å². The van der Waals surface area contributed by atoms with E-state index in [2.05, 4.69) is 10.6 Å². The maximum Gasteiger partial charge on any atom is 0.235 e. The summed E-state index contributed by atoms with van der Waals surface area (Å²) in [4.78, 5) is 23.5. The molecule has 5 nitrogen and oxygen atoms in total. The van der Waals surface area contributed by atoms with Gasteiger partial charge in [-0.25, -0.2) is 0 Å². The van der Waals surface area contributed by atoms with Crippen LogP contribution in [0.15, 0.2) is 18.2 Å². The molecule has 0 saturated carbocycles. The minimum absolute atomic E-state index is 0.215. The Bertz CT molecular complexity index is 536. The topological polar surface area (TPSA) is 78.4 Å². The molecule has 2 atom stereocenters. The molecule has 2 rings (SSSR count). The largest absolute Gasteiger partial charge is 0.392 e. The molecule has 2 unspecified atom stereocenters. The van der Waals surface area contributed by atoms with Crippen LogP contribution in [0.1, 0.15) is 12.0 Å². The van der Waals surface area contributed by atoms with E-state index < -0.39 is 23.8 Å². The normalized spacial score (nSPS) is 22.2. The standard InChI is InChI=1S/C13H14Cl2N2O3/c14-8-2-1-7(5-9(8)15)6-17-13(20)11-10(18)3-4-16-12(11)19/h1-2,5,10-11,18H,3-4,6H2,(H,16,19)(H,17,20). The van der Waals surface area contributed by atoms with Gasteiger partial charge in [0.25, 0.3) is 0 Å². The molecule has 2 amide bonds. The van der Waals surface area contributed by atoms with Gasteiger partial charge in [0.2, 0.25) is 11.8 Å². The van der Waals surface area contributed by atoms with Gasteiger partial charge in [-0.1, -0.05) is 29.3 Å². The lowest BCUT2D eigenvalue weighted by Crippen LogP contribution is -2.51. The SMILES string of the molecule is O=C1NCCC(O)C1C(=O)NCc1ccc(Cl)c(Cl)c1. The molecule has 3 N–H and O–H groups in total. The second-order valence-electron chi connectivity index (χ2n) is 4.59. The van der Waals surface area contributed by atoms with Crippen LogP contribution in [0, 0.1) is 5.92 Å². The van der Waals surface area contributed by atoms with E-state index in [0.29, 0.717) is 23.0 Å². The van der Waals surface area contributed by atoms with Gasteiger partial charge in [0.15, 0.2) is 0 Å². The Morgan fingerprint density at radius 2 is 2.15 bits per heavy atom. The van der Waals surface area contributed by atoms with Crippen LogP contribution in [0.25, 0.3) is 0 Å². The number of carbonyl (C=O) groups excluding carboxylic acids is 2. The highest BCUT2D eigenvalue weighted by molar-refractivity contribution is 6.42. The summed E-state index contributed by atoms with van der Waals surface area (Å²) < 4.78 is 0. The van der Waals surface area contributed by atoms with Gasteiger partial charge in [-0.05, 0) is 24.1 Å². The summed E-state index contributed by atoms with van der Waals surface area (Å²) in [5.41, 5.74) is 0.762. The Hall–Kier alpha value is -1.30. The molecule has 0 spiro atoms. The fourth-order valence-corrected chi connectivity index (χ4v) is 2.36. The van der Waals surface area contributed by atoms with Crippen molar-refractivity contribution in [3.63, 3.8) is 0 Å². The van der Waals surface area contributed by atoms with E-state index >= 15 is 0 Å². The molecule has 1 aliphatic heterocycles. The number of carbonyl (C=O) groups is 2. The van der Waals surface area contributed by atoms with Crippen molar-refractivity contribution in [1.29, 1.82) is 0 Å². The molecule has 1 aromatic carbocycles. The van der Waals surface area contributed by atoms with Crippen molar-refractivity contribution >= 4 is 35.0 Å². The fourth-order valence-electron chi connectivity index (χ4n) is 2.04. The first-order valence-electron chi connectivity index (χ1n) is 6.16. The third kappa shape index (κ3) is 3.42. The van der Waals surface area contributed by atoms with Crippen LogP contribution in [0.4, 0.5) is 0 Å². The maximum absolute atomic E-state index is 12.0. The van der Waals surface area contributed by atoms with E-state index in [1.54, 1.807) is 18.2 Å². The van der Waals surface area contributed by atoms with Gasteiger partial charge in [0.05, 0.1) is 16.1 Å². The van der Waals surface area contributed by atoms with Crippen molar-refractivity contribution < 1.29 is 14.7 Å². The molecular weight excluding hydrogens is 303 g/mol. The lowest BCUT2D eigenvalue weighted by molar-refractivity contribution is -0.142. The Kier molecular flexibility index (Phi) is 4.86. The second kappa shape index (κ2) is 6.43. The molecule has 0 bridgehead atoms. The van der Waals surface area contributed by atoms with E-state index in [4.69, 9.17) is 23.2 Å². The monoisotopic (exact) mass is 316 g/mol. The van der Waals surface area contributed by atoms with E-state index in [-0.39, 0.29) is 6.54 Å². The van der Waals surface area contributed by atoms with Crippen molar-refractivity contribution in [2.45, 2.75) is 19.1 Å². The zero-order valence-corrected chi connectivity index (χ0v) is 12.0. The number of aliphatic hydroxyl groups is 1. The van der Waals surface area contributed by atoms with Crippen molar-refractivity contribution in [3.8, 4) is 0 Å². The summed E-state index contributed by atoms with van der Waals surface area (Å²) in [6.45, 7) is 0.600.